The molecule has 1 radical (unpaired) electrons. The Bertz CT molecular complexity index is 842. The molecule has 0 aliphatic heterocycles. The molecule has 0 aliphatic carbocycles. The normalized spacial score (nSPS) is 9.03. The van der Waals surface area contributed by atoms with Gasteiger partial charge >= 0.3 is 21.7 Å². The summed E-state index contributed by atoms with van der Waals surface area (Å²) in [6.45, 7) is 0.952. The van der Waals surface area contributed by atoms with Gasteiger partial charge in [-0.25, -0.2) is 0 Å². The fourth-order valence-corrected chi connectivity index (χ4v) is 3.01. The average molecular weight is 494 g/mol. The molecule has 1 nitrogen and oxygen atoms in total. The van der Waals surface area contributed by atoms with Gasteiger partial charge in [-0.05, 0) is 20.6 Å². The Morgan fingerprint density at radius 2 is 1.13 bits per heavy atom. The Labute approximate surface area is 214 Å². The molecule has 4 aromatic carbocycles. The second kappa shape index (κ2) is 16.4. The summed E-state index contributed by atoms with van der Waals surface area (Å²) < 4.78 is 0. The number of rotatable bonds is 4. The molecular weight excluding hydrogens is 469 g/mol. The Hall–Kier alpha value is -1.32. The second-order valence-electron chi connectivity index (χ2n) is 6.60. The first kappa shape index (κ1) is 30.9. The Kier molecular flexibility index (Phi) is 16.9. The van der Waals surface area contributed by atoms with Gasteiger partial charge in [0.2, 0.25) is 0 Å². The van der Waals surface area contributed by atoms with Gasteiger partial charge in [0.25, 0.3) is 0 Å². The van der Waals surface area contributed by atoms with E-state index in [9.17, 15) is 0 Å². The van der Waals surface area contributed by atoms with Crippen LogP contribution in [-0.4, -0.2) is 25.5 Å². The Balaban J connectivity index is 0. The van der Waals surface area contributed by atoms with E-state index < -0.39 is 0 Å². The van der Waals surface area contributed by atoms with E-state index >= 15 is 0 Å². The van der Waals surface area contributed by atoms with Gasteiger partial charge in [0.1, 0.15) is 0 Å². The standard InChI is InChI=1S/C16H18N.C9H7.3ClH.Ti/c1-17(2)13-16(14-9-5-3-6-10-14)15-11-7-4-8-12-15;1-2-5-9-7-3-6-8(9)4-1;;;;/h3-12H,13H2,1-2H3;1-7H;3*1H;/q2*-1;;;;+3/p-3. The van der Waals surface area contributed by atoms with Crippen molar-refractivity contribution in [1.82, 2.24) is 4.90 Å². The summed E-state index contributed by atoms with van der Waals surface area (Å²) in [4.78, 5) is 2.20. The molecule has 0 unspecified atom stereocenters. The van der Waals surface area contributed by atoms with Crippen molar-refractivity contribution in [1.29, 1.82) is 0 Å². The molecule has 0 heterocycles. The predicted molar refractivity (Wildman–Crippen MR) is 112 cm³/mol. The van der Waals surface area contributed by atoms with Crippen LogP contribution in [0, 0.1) is 5.92 Å². The maximum absolute atomic E-state index is 2.20. The number of hydrogen-bond acceptors (Lipinski definition) is 1. The van der Waals surface area contributed by atoms with Crippen molar-refractivity contribution >= 4 is 10.8 Å². The summed E-state index contributed by atoms with van der Waals surface area (Å²) >= 11 is 0. The van der Waals surface area contributed by atoms with Crippen LogP contribution in [0.25, 0.3) is 10.8 Å². The van der Waals surface area contributed by atoms with E-state index in [1.54, 1.807) is 0 Å². The quantitative estimate of drug-likeness (QED) is 0.214. The van der Waals surface area contributed by atoms with Crippen molar-refractivity contribution in [3.05, 3.63) is 120 Å². The largest absolute Gasteiger partial charge is 3.00 e. The molecule has 0 spiro atoms. The van der Waals surface area contributed by atoms with E-state index in [-0.39, 0.29) is 58.9 Å². The summed E-state index contributed by atoms with van der Waals surface area (Å²) in [6.07, 6.45) is 0. The zero-order chi connectivity index (χ0) is 18.2. The van der Waals surface area contributed by atoms with Crippen molar-refractivity contribution < 1.29 is 58.9 Å². The maximum Gasteiger partial charge on any atom is 3.00 e. The van der Waals surface area contributed by atoms with Crippen molar-refractivity contribution in [3.63, 3.8) is 0 Å². The molecule has 0 bridgehead atoms. The van der Waals surface area contributed by atoms with Gasteiger partial charge < -0.3 is 42.1 Å². The van der Waals surface area contributed by atoms with Crippen molar-refractivity contribution in [2.45, 2.75) is 0 Å². The number of hydrogen-bond donors (Lipinski definition) is 0. The molecule has 0 saturated heterocycles. The molecule has 0 N–H and O–H groups in total. The molecule has 0 fully saturated rings. The van der Waals surface area contributed by atoms with E-state index in [1.807, 2.05) is 0 Å². The molecule has 0 saturated carbocycles. The first-order valence-corrected chi connectivity index (χ1v) is 8.96. The number of benzene rings is 3. The molecule has 30 heavy (non-hydrogen) atoms. The topological polar surface area (TPSA) is 3.24 Å². The third kappa shape index (κ3) is 9.22. The van der Waals surface area contributed by atoms with Gasteiger partial charge in [-0.1, -0.05) is 48.4 Å². The third-order valence-corrected chi connectivity index (χ3v) is 4.27. The predicted octanol–water partition coefficient (Wildman–Crippen LogP) is -3.21. The molecule has 4 aromatic rings. The molecule has 157 valence electrons. The third-order valence-electron chi connectivity index (χ3n) is 4.27. The van der Waals surface area contributed by atoms with E-state index in [4.69, 9.17) is 0 Å². The first-order valence-electron chi connectivity index (χ1n) is 8.96. The van der Waals surface area contributed by atoms with Gasteiger partial charge in [0.05, 0.1) is 0 Å². The van der Waals surface area contributed by atoms with Crippen LogP contribution in [0.4, 0.5) is 0 Å². The summed E-state index contributed by atoms with van der Waals surface area (Å²) in [5.74, 6) is 1.37. The monoisotopic (exact) mass is 492 g/mol. The Morgan fingerprint density at radius 3 is 1.60 bits per heavy atom. The van der Waals surface area contributed by atoms with Crippen LogP contribution in [0.15, 0.2) is 103 Å². The number of nitrogens with zero attached hydrogens (tertiary/aromatic N) is 1. The molecular formula is C25H25Cl3NTi-2. The second-order valence-corrected chi connectivity index (χ2v) is 6.60. The minimum absolute atomic E-state index is 0. The number of likely N-dealkylation sites (N-methyl/N-ethyl adjacent to an activating group) is 1. The van der Waals surface area contributed by atoms with Crippen molar-refractivity contribution in [3.8, 4) is 0 Å². The smallest absolute Gasteiger partial charge is 1.00 e. The SMILES string of the molecule is CN(C)C[C-](c1ccccc1)c1ccccc1.[Cl-].[Cl-].[Cl-].[Ti+3].c1ccc2[cH-]ccc2c1. The molecule has 0 aliphatic rings. The molecule has 0 amide bonds. The minimum atomic E-state index is 0. The van der Waals surface area contributed by atoms with Crippen LogP contribution in [0.2, 0.25) is 0 Å². The fraction of sp³-hybridized carbons (Fsp3) is 0.120. The Morgan fingerprint density at radius 1 is 0.667 bits per heavy atom. The zero-order valence-electron chi connectivity index (χ0n) is 17.1. The summed E-state index contributed by atoms with van der Waals surface area (Å²) in [6, 6.07) is 35.8. The average Bonchev–Trinajstić information content (AvgIpc) is 3.17. The molecule has 4 rings (SSSR count). The number of fused-ring (bicyclic) bond motifs is 1. The first-order chi connectivity index (χ1) is 12.7. The fourth-order valence-electron chi connectivity index (χ4n) is 3.01. The molecule has 5 heteroatoms. The maximum atomic E-state index is 2.20. The van der Waals surface area contributed by atoms with Gasteiger partial charge in [-0.2, -0.15) is 17.5 Å². The molecule has 0 aromatic heterocycles. The molecule has 0 atom stereocenters. The van der Waals surface area contributed by atoms with Gasteiger partial charge in [0, 0.05) is 0 Å². The summed E-state index contributed by atoms with van der Waals surface area (Å²) in [5.41, 5.74) is 2.60. The van der Waals surface area contributed by atoms with Crippen LogP contribution in [0.5, 0.6) is 0 Å². The summed E-state index contributed by atoms with van der Waals surface area (Å²) in [7, 11) is 4.21. The van der Waals surface area contributed by atoms with E-state index in [2.05, 4.69) is 122 Å². The van der Waals surface area contributed by atoms with Crippen LogP contribution in [0.3, 0.4) is 0 Å². The van der Waals surface area contributed by atoms with E-state index in [0.29, 0.717) is 0 Å². The zero-order valence-corrected chi connectivity index (χ0v) is 20.9. The van der Waals surface area contributed by atoms with Crippen LogP contribution in [-0.2, 0) is 21.7 Å². The van der Waals surface area contributed by atoms with Crippen LogP contribution in [0.1, 0.15) is 11.1 Å². The van der Waals surface area contributed by atoms with Crippen LogP contribution >= 0.6 is 0 Å². The van der Waals surface area contributed by atoms with Gasteiger partial charge in [-0.3, -0.25) is 0 Å². The van der Waals surface area contributed by atoms with Crippen LogP contribution < -0.4 is 37.2 Å². The van der Waals surface area contributed by atoms with Gasteiger partial charge in [-0.15, -0.1) is 65.0 Å². The van der Waals surface area contributed by atoms with E-state index in [0.717, 1.165) is 6.54 Å². The minimum Gasteiger partial charge on any atom is -1.00 e. The summed E-state index contributed by atoms with van der Waals surface area (Å²) in [5, 5.41) is 2.66. The van der Waals surface area contributed by atoms with Gasteiger partial charge in [0.15, 0.2) is 0 Å². The number of halogens is 3. The van der Waals surface area contributed by atoms with Crippen molar-refractivity contribution in [2.24, 2.45) is 0 Å². The van der Waals surface area contributed by atoms with Crippen molar-refractivity contribution in [2.75, 3.05) is 20.6 Å². The van der Waals surface area contributed by atoms with E-state index in [1.165, 1.54) is 27.8 Å².